The topological polar surface area (TPSA) is 82.2 Å². The van der Waals surface area contributed by atoms with Crippen LogP contribution in [0.15, 0.2) is 24.4 Å². The summed E-state index contributed by atoms with van der Waals surface area (Å²) in [6, 6.07) is 5.99. The van der Waals surface area contributed by atoms with Crippen molar-refractivity contribution in [3.8, 4) is 0 Å². The molecule has 0 spiro atoms. The Balaban J connectivity index is 2.06. The smallest absolute Gasteiger partial charge is 0.303 e. The summed E-state index contributed by atoms with van der Waals surface area (Å²) in [6.45, 7) is 5.71. The molecule has 118 valence electrons. The van der Waals surface area contributed by atoms with E-state index in [2.05, 4.69) is 10.3 Å². The van der Waals surface area contributed by atoms with Gasteiger partial charge in [0.25, 0.3) is 0 Å². The van der Waals surface area contributed by atoms with Gasteiger partial charge in [-0.05, 0) is 44.4 Å². The number of benzene rings is 1. The van der Waals surface area contributed by atoms with Crippen molar-refractivity contribution in [3.05, 3.63) is 35.5 Å². The minimum Gasteiger partial charge on any atom is -0.481 e. The van der Waals surface area contributed by atoms with Crippen LogP contribution in [0.1, 0.15) is 37.8 Å². The summed E-state index contributed by atoms with van der Waals surface area (Å²) in [5.74, 6) is -0.950. The first kappa shape index (κ1) is 16.1. The maximum absolute atomic E-state index is 12.3. The highest BCUT2D eigenvalue weighted by Crippen LogP contribution is 2.22. The van der Waals surface area contributed by atoms with Crippen molar-refractivity contribution < 1.29 is 14.7 Å². The Morgan fingerprint density at radius 1 is 1.32 bits per heavy atom. The predicted molar refractivity (Wildman–Crippen MR) is 85.8 cm³/mol. The summed E-state index contributed by atoms with van der Waals surface area (Å²) >= 11 is 0. The van der Waals surface area contributed by atoms with Crippen molar-refractivity contribution in [2.24, 2.45) is 0 Å². The highest BCUT2D eigenvalue weighted by atomic mass is 16.4. The number of nitrogens with one attached hydrogen (secondary N) is 2. The van der Waals surface area contributed by atoms with Crippen LogP contribution in [0.3, 0.4) is 0 Å². The zero-order valence-electron chi connectivity index (χ0n) is 13.2. The minimum atomic E-state index is -0.852. The van der Waals surface area contributed by atoms with Gasteiger partial charge in [0.2, 0.25) is 5.91 Å². The van der Waals surface area contributed by atoms with Crippen LogP contribution in [-0.2, 0) is 16.0 Å². The molecule has 1 amide bonds. The highest BCUT2D eigenvalue weighted by Gasteiger charge is 2.22. The maximum atomic E-state index is 12.3. The molecule has 2 rings (SSSR count). The average Bonchev–Trinajstić information content (AvgIpc) is 2.80. The normalized spacial score (nSPS) is 11.6. The Morgan fingerprint density at radius 3 is 2.73 bits per heavy atom. The Kier molecular flexibility index (Phi) is 4.54. The molecule has 0 saturated carbocycles. The van der Waals surface area contributed by atoms with Gasteiger partial charge in [-0.15, -0.1) is 0 Å². The third-order valence-electron chi connectivity index (χ3n) is 3.79. The SMILES string of the molecule is Cc1cccc2[nH]cc(CC(=O)NC(C)(C)CCC(=O)O)c12. The van der Waals surface area contributed by atoms with E-state index in [9.17, 15) is 9.59 Å². The molecule has 0 fully saturated rings. The highest BCUT2D eigenvalue weighted by molar-refractivity contribution is 5.91. The fraction of sp³-hybridized carbons (Fsp3) is 0.412. The molecule has 0 unspecified atom stereocenters. The lowest BCUT2D eigenvalue weighted by molar-refractivity contribution is -0.137. The molecule has 0 aliphatic heterocycles. The number of carbonyl (C=O) groups is 2. The third kappa shape index (κ3) is 3.87. The molecule has 1 heterocycles. The van der Waals surface area contributed by atoms with E-state index in [0.717, 1.165) is 22.0 Å². The Morgan fingerprint density at radius 2 is 2.05 bits per heavy atom. The van der Waals surface area contributed by atoms with Gasteiger partial charge in [0, 0.05) is 29.1 Å². The van der Waals surface area contributed by atoms with E-state index in [1.165, 1.54) is 0 Å². The van der Waals surface area contributed by atoms with Gasteiger partial charge in [0.1, 0.15) is 0 Å². The number of hydrogen-bond donors (Lipinski definition) is 3. The number of hydrogen-bond acceptors (Lipinski definition) is 2. The van der Waals surface area contributed by atoms with Crippen LogP contribution in [0.2, 0.25) is 0 Å². The van der Waals surface area contributed by atoms with Gasteiger partial charge in [-0.1, -0.05) is 12.1 Å². The number of carboxylic acid groups (broad SMARTS) is 1. The lowest BCUT2D eigenvalue weighted by atomic mass is 9.97. The molecule has 1 aromatic heterocycles. The van der Waals surface area contributed by atoms with Crippen LogP contribution in [-0.4, -0.2) is 27.5 Å². The fourth-order valence-corrected chi connectivity index (χ4v) is 2.67. The Bertz CT molecular complexity index is 701. The first-order valence-electron chi connectivity index (χ1n) is 7.37. The summed E-state index contributed by atoms with van der Waals surface area (Å²) in [5, 5.41) is 12.8. The van der Waals surface area contributed by atoms with Crippen LogP contribution in [0, 0.1) is 6.92 Å². The third-order valence-corrected chi connectivity index (χ3v) is 3.79. The van der Waals surface area contributed by atoms with E-state index in [4.69, 9.17) is 5.11 Å². The quantitative estimate of drug-likeness (QED) is 0.767. The molecular formula is C17H22N2O3. The number of aliphatic carboxylic acids is 1. The zero-order chi connectivity index (χ0) is 16.3. The van der Waals surface area contributed by atoms with Gasteiger partial charge >= 0.3 is 5.97 Å². The zero-order valence-corrected chi connectivity index (χ0v) is 13.2. The second kappa shape index (κ2) is 6.22. The monoisotopic (exact) mass is 302 g/mol. The van der Waals surface area contributed by atoms with Gasteiger partial charge < -0.3 is 15.4 Å². The molecule has 1 aromatic carbocycles. The number of aryl methyl sites for hydroxylation is 1. The maximum Gasteiger partial charge on any atom is 0.303 e. The first-order chi connectivity index (χ1) is 10.3. The molecule has 22 heavy (non-hydrogen) atoms. The van der Waals surface area contributed by atoms with Crippen molar-refractivity contribution in [2.75, 3.05) is 0 Å². The van der Waals surface area contributed by atoms with E-state index in [0.29, 0.717) is 6.42 Å². The van der Waals surface area contributed by atoms with E-state index in [-0.39, 0.29) is 18.7 Å². The molecule has 2 aromatic rings. The molecule has 0 radical (unpaired) electrons. The van der Waals surface area contributed by atoms with Gasteiger partial charge in [0.15, 0.2) is 0 Å². The number of H-pyrrole nitrogens is 1. The summed E-state index contributed by atoms with van der Waals surface area (Å²) in [4.78, 5) is 26.1. The van der Waals surface area contributed by atoms with E-state index >= 15 is 0 Å². The van der Waals surface area contributed by atoms with Crippen LogP contribution in [0.4, 0.5) is 0 Å². The lowest BCUT2D eigenvalue weighted by Crippen LogP contribution is -2.44. The largest absolute Gasteiger partial charge is 0.481 e. The van der Waals surface area contributed by atoms with Crippen molar-refractivity contribution in [1.29, 1.82) is 0 Å². The summed E-state index contributed by atoms with van der Waals surface area (Å²) < 4.78 is 0. The van der Waals surface area contributed by atoms with Crippen LogP contribution >= 0.6 is 0 Å². The van der Waals surface area contributed by atoms with Crippen molar-refractivity contribution in [2.45, 2.75) is 45.6 Å². The fourth-order valence-electron chi connectivity index (χ4n) is 2.67. The predicted octanol–water partition coefficient (Wildman–Crippen LogP) is 2.78. The van der Waals surface area contributed by atoms with Crippen LogP contribution in [0.25, 0.3) is 10.9 Å². The number of aromatic amines is 1. The number of amides is 1. The summed E-state index contributed by atoms with van der Waals surface area (Å²) in [7, 11) is 0. The molecule has 3 N–H and O–H groups in total. The molecule has 5 heteroatoms. The molecule has 5 nitrogen and oxygen atoms in total. The minimum absolute atomic E-state index is 0.0411. The van der Waals surface area contributed by atoms with Crippen LogP contribution in [0.5, 0.6) is 0 Å². The average molecular weight is 302 g/mol. The molecule has 0 aliphatic carbocycles. The molecule has 0 aliphatic rings. The summed E-state index contributed by atoms with van der Waals surface area (Å²) in [6.07, 6.45) is 2.59. The Hall–Kier alpha value is -2.30. The number of carboxylic acids is 1. The molecule has 0 atom stereocenters. The van der Waals surface area contributed by atoms with E-state index in [1.807, 2.05) is 45.2 Å². The van der Waals surface area contributed by atoms with Crippen molar-refractivity contribution in [3.63, 3.8) is 0 Å². The number of carbonyl (C=O) groups excluding carboxylic acids is 1. The van der Waals surface area contributed by atoms with Crippen molar-refractivity contribution in [1.82, 2.24) is 10.3 Å². The number of aromatic nitrogens is 1. The molecule has 0 saturated heterocycles. The van der Waals surface area contributed by atoms with E-state index < -0.39 is 11.5 Å². The molecule has 0 bridgehead atoms. The van der Waals surface area contributed by atoms with Crippen LogP contribution < -0.4 is 5.32 Å². The van der Waals surface area contributed by atoms with Gasteiger partial charge in [-0.2, -0.15) is 0 Å². The first-order valence-corrected chi connectivity index (χ1v) is 7.37. The standard InChI is InChI=1S/C17H22N2O3/c1-11-5-4-6-13-16(11)12(10-18-13)9-14(20)19-17(2,3)8-7-15(21)22/h4-6,10,18H,7-9H2,1-3H3,(H,19,20)(H,21,22). The second-order valence-corrected chi connectivity index (χ2v) is 6.31. The van der Waals surface area contributed by atoms with Crippen molar-refractivity contribution >= 4 is 22.8 Å². The lowest BCUT2D eigenvalue weighted by Gasteiger charge is -2.25. The van der Waals surface area contributed by atoms with Gasteiger partial charge in [-0.3, -0.25) is 9.59 Å². The van der Waals surface area contributed by atoms with Gasteiger partial charge in [0.05, 0.1) is 6.42 Å². The second-order valence-electron chi connectivity index (χ2n) is 6.31. The number of rotatable bonds is 6. The molecular weight excluding hydrogens is 280 g/mol. The van der Waals surface area contributed by atoms with Gasteiger partial charge in [-0.25, -0.2) is 0 Å². The number of fused-ring (bicyclic) bond motifs is 1. The summed E-state index contributed by atoms with van der Waals surface area (Å²) in [5.41, 5.74) is 2.58. The Labute approximate surface area is 129 Å². The van der Waals surface area contributed by atoms with E-state index in [1.54, 1.807) is 0 Å².